The largest absolute Gasteiger partial charge is 0.410 e. The van der Waals surface area contributed by atoms with Crippen molar-refractivity contribution < 1.29 is 4.42 Å². The first-order chi connectivity index (χ1) is 8.83. The van der Waals surface area contributed by atoms with Crippen molar-refractivity contribution in [3.63, 3.8) is 0 Å². The predicted molar refractivity (Wildman–Crippen MR) is 72.1 cm³/mol. The monoisotopic (exact) mass is 316 g/mol. The molecule has 0 bridgehead atoms. The summed E-state index contributed by atoms with van der Waals surface area (Å²) in [6, 6.07) is 3.88. The Morgan fingerprint density at radius 2 is 2.28 bits per heavy atom. The van der Waals surface area contributed by atoms with Gasteiger partial charge in [-0.25, -0.2) is 0 Å². The van der Waals surface area contributed by atoms with E-state index in [2.05, 4.69) is 19.8 Å². The van der Waals surface area contributed by atoms with Gasteiger partial charge in [0.25, 0.3) is 11.1 Å². The molecular weight excluding hydrogens is 312 g/mol. The molecule has 0 fully saturated rings. The summed E-state index contributed by atoms with van der Waals surface area (Å²) >= 11 is 10.0. The standard InChI is InChI=1S/C9H5ClN4OS3/c10-7-5(11-14-18-7)4-17-9-13-12-8(15-9)6-2-1-3-16-6/h1-3H,4H2. The van der Waals surface area contributed by atoms with Crippen molar-refractivity contribution in [2.24, 2.45) is 0 Å². The van der Waals surface area contributed by atoms with Crippen LogP contribution in [-0.4, -0.2) is 19.8 Å². The third-order valence-electron chi connectivity index (χ3n) is 1.98. The molecule has 0 N–H and O–H groups in total. The average molecular weight is 317 g/mol. The van der Waals surface area contributed by atoms with Crippen molar-refractivity contribution >= 4 is 46.2 Å². The lowest BCUT2D eigenvalue weighted by Crippen LogP contribution is -1.82. The molecule has 0 aromatic carbocycles. The maximum Gasteiger partial charge on any atom is 0.277 e. The van der Waals surface area contributed by atoms with Crippen LogP contribution < -0.4 is 0 Å². The van der Waals surface area contributed by atoms with Gasteiger partial charge in [-0.1, -0.05) is 33.9 Å². The van der Waals surface area contributed by atoms with Crippen molar-refractivity contribution in [3.8, 4) is 10.8 Å². The van der Waals surface area contributed by atoms with Crippen LogP contribution >= 0.6 is 46.2 Å². The van der Waals surface area contributed by atoms with Crippen molar-refractivity contribution in [1.29, 1.82) is 0 Å². The lowest BCUT2D eigenvalue weighted by molar-refractivity contribution is 0.466. The van der Waals surface area contributed by atoms with Crippen LogP contribution in [0.25, 0.3) is 10.8 Å². The zero-order chi connectivity index (χ0) is 12.4. The molecule has 0 amide bonds. The molecule has 0 spiro atoms. The zero-order valence-electron chi connectivity index (χ0n) is 8.74. The number of halogens is 1. The third-order valence-corrected chi connectivity index (χ3v) is 4.65. The van der Waals surface area contributed by atoms with E-state index in [-0.39, 0.29) is 0 Å². The number of thioether (sulfide) groups is 1. The fourth-order valence-electron chi connectivity index (χ4n) is 1.18. The Bertz CT molecular complexity index is 636. The van der Waals surface area contributed by atoms with E-state index < -0.39 is 0 Å². The fraction of sp³-hybridized carbons (Fsp3) is 0.111. The second kappa shape index (κ2) is 5.35. The number of thiophene rings is 1. The Balaban J connectivity index is 1.69. The molecule has 9 heteroatoms. The summed E-state index contributed by atoms with van der Waals surface area (Å²) in [6.45, 7) is 0. The topological polar surface area (TPSA) is 64.7 Å². The summed E-state index contributed by atoms with van der Waals surface area (Å²) in [7, 11) is 0. The molecule has 0 aliphatic carbocycles. The van der Waals surface area contributed by atoms with E-state index >= 15 is 0 Å². The molecule has 3 rings (SSSR count). The Morgan fingerprint density at radius 1 is 1.33 bits per heavy atom. The van der Waals surface area contributed by atoms with Crippen LogP contribution in [0.4, 0.5) is 0 Å². The quantitative estimate of drug-likeness (QED) is 0.685. The summed E-state index contributed by atoms with van der Waals surface area (Å²) in [5.41, 5.74) is 0.738. The van der Waals surface area contributed by atoms with E-state index in [1.165, 1.54) is 23.3 Å². The molecule has 0 aliphatic rings. The van der Waals surface area contributed by atoms with E-state index in [0.717, 1.165) is 10.6 Å². The van der Waals surface area contributed by atoms with E-state index in [9.17, 15) is 0 Å². The predicted octanol–water partition coefficient (Wildman–Crippen LogP) is 3.60. The lowest BCUT2D eigenvalue weighted by Gasteiger charge is -1.91. The van der Waals surface area contributed by atoms with Crippen LogP contribution in [0.5, 0.6) is 0 Å². The second-order valence-electron chi connectivity index (χ2n) is 3.13. The van der Waals surface area contributed by atoms with Crippen LogP contribution in [0.3, 0.4) is 0 Å². The molecule has 0 saturated heterocycles. The molecule has 3 heterocycles. The maximum absolute atomic E-state index is 5.91. The van der Waals surface area contributed by atoms with Gasteiger partial charge in [-0.15, -0.1) is 26.6 Å². The first-order valence-corrected chi connectivity index (χ1v) is 7.81. The molecule has 0 unspecified atom stereocenters. The van der Waals surface area contributed by atoms with Gasteiger partial charge in [0, 0.05) is 17.3 Å². The van der Waals surface area contributed by atoms with E-state index in [0.29, 0.717) is 21.2 Å². The van der Waals surface area contributed by atoms with Gasteiger partial charge in [0.05, 0.1) is 4.88 Å². The van der Waals surface area contributed by atoms with Gasteiger partial charge in [0.1, 0.15) is 10.0 Å². The zero-order valence-corrected chi connectivity index (χ0v) is 11.9. The van der Waals surface area contributed by atoms with Crippen molar-refractivity contribution in [2.75, 3.05) is 0 Å². The van der Waals surface area contributed by atoms with Gasteiger partial charge in [0.2, 0.25) is 0 Å². The van der Waals surface area contributed by atoms with Gasteiger partial charge >= 0.3 is 0 Å². The molecule has 0 saturated carbocycles. The minimum absolute atomic E-state index is 0.502. The highest BCUT2D eigenvalue weighted by molar-refractivity contribution is 7.98. The van der Waals surface area contributed by atoms with Crippen molar-refractivity contribution in [1.82, 2.24) is 19.8 Å². The SMILES string of the molecule is Clc1snnc1CSc1nnc(-c2cccs2)o1. The normalized spacial score (nSPS) is 10.9. The number of nitrogens with zero attached hydrogens (tertiary/aromatic N) is 4. The van der Waals surface area contributed by atoms with E-state index in [4.69, 9.17) is 16.0 Å². The molecule has 0 radical (unpaired) electrons. The van der Waals surface area contributed by atoms with Gasteiger partial charge in [-0.3, -0.25) is 0 Å². The van der Waals surface area contributed by atoms with Crippen LogP contribution in [0, 0.1) is 0 Å². The van der Waals surface area contributed by atoms with Gasteiger partial charge in [-0.2, -0.15) is 0 Å². The number of hydrogen-bond acceptors (Lipinski definition) is 8. The van der Waals surface area contributed by atoms with E-state index in [1.807, 2.05) is 17.5 Å². The molecule has 3 aromatic rings. The summed E-state index contributed by atoms with van der Waals surface area (Å²) in [6.07, 6.45) is 0. The van der Waals surface area contributed by atoms with Gasteiger partial charge < -0.3 is 4.42 Å². The van der Waals surface area contributed by atoms with E-state index in [1.54, 1.807) is 11.3 Å². The average Bonchev–Trinajstić information content (AvgIpc) is 3.08. The molecule has 18 heavy (non-hydrogen) atoms. The molecule has 0 aliphatic heterocycles. The number of rotatable bonds is 4. The number of hydrogen-bond donors (Lipinski definition) is 0. The Morgan fingerprint density at radius 3 is 3.00 bits per heavy atom. The summed E-state index contributed by atoms with van der Waals surface area (Å²) in [4.78, 5) is 0.961. The first kappa shape index (κ1) is 12.1. The highest BCUT2D eigenvalue weighted by Gasteiger charge is 2.12. The highest BCUT2D eigenvalue weighted by Crippen LogP contribution is 2.29. The molecule has 0 atom stereocenters. The first-order valence-electron chi connectivity index (χ1n) is 4.80. The number of aromatic nitrogens is 4. The third kappa shape index (κ3) is 2.56. The van der Waals surface area contributed by atoms with Crippen LogP contribution in [-0.2, 0) is 5.75 Å². The lowest BCUT2D eigenvalue weighted by atomic mass is 10.5. The molecule has 5 nitrogen and oxygen atoms in total. The minimum Gasteiger partial charge on any atom is -0.410 e. The smallest absolute Gasteiger partial charge is 0.277 e. The summed E-state index contributed by atoms with van der Waals surface area (Å²) < 4.78 is 9.89. The van der Waals surface area contributed by atoms with Gasteiger partial charge in [0.15, 0.2) is 0 Å². The Labute approximate surface area is 119 Å². The minimum atomic E-state index is 0.502. The molecule has 3 aromatic heterocycles. The second-order valence-corrected chi connectivity index (χ2v) is 6.36. The van der Waals surface area contributed by atoms with Crippen LogP contribution in [0.1, 0.15) is 5.69 Å². The van der Waals surface area contributed by atoms with Crippen molar-refractivity contribution in [3.05, 3.63) is 27.5 Å². The van der Waals surface area contributed by atoms with Crippen molar-refractivity contribution in [2.45, 2.75) is 11.0 Å². The van der Waals surface area contributed by atoms with Gasteiger partial charge in [-0.05, 0) is 11.4 Å². The van der Waals surface area contributed by atoms with Crippen LogP contribution in [0.15, 0.2) is 27.2 Å². The summed E-state index contributed by atoms with van der Waals surface area (Å²) in [5, 5.41) is 14.3. The maximum atomic E-state index is 5.91. The Kier molecular flexibility index (Phi) is 3.59. The fourth-order valence-corrected chi connectivity index (χ4v) is 3.32. The summed E-state index contributed by atoms with van der Waals surface area (Å²) in [5.74, 6) is 1.11. The van der Waals surface area contributed by atoms with Crippen LogP contribution in [0.2, 0.25) is 4.34 Å². The molecular formula is C9H5ClN4OS3. The molecule has 92 valence electrons. The Hall–Kier alpha value is -0.960. The highest BCUT2D eigenvalue weighted by atomic mass is 35.5.